The topological polar surface area (TPSA) is 67.8 Å². The zero-order valence-corrected chi connectivity index (χ0v) is 13.0. The molecule has 0 radical (unpaired) electrons. The summed E-state index contributed by atoms with van der Waals surface area (Å²) in [5.74, 6) is -3.31. The molecule has 0 bridgehead atoms. The molecule has 0 aliphatic heterocycles. The Bertz CT molecular complexity index is 942. The first kappa shape index (κ1) is 16.4. The first-order chi connectivity index (χ1) is 12.1. The summed E-state index contributed by atoms with van der Waals surface area (Å²) in [4.78, 5) is 11.4. The number of nitrogens with two attached hydrogens (primary N) is 1. The van der Waals surface area contributed by atoms with Crippen molar-refractivity contribution in [3.8, 4) is 11.1 Å². The first-order valence-electron chi connectivity index (χ1n) is 7.42. The summed E-state index contributed by atoms with van der Waals surface area (Å²) >= 11 is 0. The summed E-state index contributed by atoms with van der Waals surface area (Å²) in [6.07, 6.45) is 0. The Labute approximate surface area is 142 Å². The van der Waals surface area contributed by atoms with Crippen molar-refractivity contribution in [1.29, 1.82) is 0 Å². The number of primary amides is 1. The average molecular weight is 337 g/mol. The molecule has 0 heterocycles. The van der Waals surface area contributed by atoms with Crippen LogP contribution in [0.4, 0.5) is 20.2 Å². The highest BCUT2D eigenvalue weighted by Gasteiger charge is 2.23. The van der Waals surface area contributed by atoms with E-state index >= 15 is 0 Å². The second-order valence-corrected chi connectivity index (χ2v) is 5.21. The third-order valence-corrected chi connectivity index (χ3v) is 3.54. The van der Waals surface area contributed by atoms with Gasteiger partial charge in [0, 0.05) is 11.6 Å². The van der Waals surface area contributed by atoms with Crippen molar-refractivity contribution in [2.24, 2.45) is 16.0 Å². The lowest BCUT2D eigenvalue weighted by Gasteiger charge is -2.10. The van der Waals surface area contributed by atoms with Crippen LogP contribution < -0.4 is 5.73 Å². The van der Waals surface area contributed by atoms with Crippen molar-refractivity contribution in [2.45, 2.75) is 0 Å². The fraction of sp³-hybridized carbons (Fsp3) is 0. The van der Waals surface area contributed by atoms with Gasteiger partial charge in [-0.05, 0) is 17.7 Å². The minimum Gasteiger partial charge on any atom is -0.365 e. The van der Waals surface area contributed by atoms with Gasteiger partial charge in [-0.25, -0.2) is 8.78 Å². The molecule has 0 spiro atoms. The summed E-state index contributed by atoms with van der Waals surface area (Å²) in [6, 6.07) is 18.1. The molecule has 0 aliphatic carbocycles. The van der Waals surface area contributed by atoms with Gasteiger partial charge in [0.2, 0.25) is 0 Å². The number of benzene rings is 3. The first-order valence-corrected chi connectivity index (χ1v) is 7.42. The second kappa shape index (κ2) is 7.00. The number of hydrogen-bond donors (Lipinski definition) is 1. The van der Waals surface area contributed by atoms with E-state index in [-0.39, 0.29) is 11.3 Å². The molecule has 0 atom stereocenters. The number of nitrogens with zero attached hydrogens (tertiary/aromatic N) is 2. The molecule has 0 fully saturated rings. The monoisotopic (exact) mass is 337 g/mol. The van der Waals surface area contributed by atoms with E-state index in [9.17, 15) is 13.6 Å². The lowest BCUT2D eigenvalue weighted by Crippen LogP contribution is -2.16. The van der Waals surface area contributed by atoms with Crippen molar-refractivity contribution in [3.05, 3.63) is 83.9 Å². The van der Waals surface area contributed by atoms with E-state index in [1.54, 1.807) is 54.6 Å². The molecule has 3 aromatic rings. The molecule has 6 heteroatoms. The fourth-order valence-electron chi connectivity index (χ4n) is 2.40. The number of carbonyl (C=O) groups is 1. The molecular formula is C19H13F2N3O. The predicted molar refractivity (Wildman–Crippen MR) is 90.9 cm³/mol. The van der Waals surface area contributed by atoms with Gasteiger partial charge in [0.25, 0.3) is 5.91 Å². The third-order valence-electron chi connectivity index (χ3n) is 3.54. The molecule has 1 amide bonds. The van der Waals surface area contributed by atoms with Crippen LogP contribution in [0, 0.1) is 11.6 Å². The molecule has 3 rings (SSSR count). The van der Waals surface area contributed by atoms with E-state index < -0.39 is 23.1 Å². The lowest BCUT2D eigenvalue weighted by molar-refractivity contribution is 0.0992. The molecule has 0 aliphatic rings. The van der Waals surface area contributed by atoms with Gasteiger partial charge >= 0.3 is 0 Å². The summed E-state index contributed by atoms with van der Waals surface area (Å²) in [5.41, 5.74) is 5.21. The SMILES string of the molecule is NC(=O)c1c(F)cc(N=Nc2ccccc2)c(-c2ccccc2)c1F. The van der Waals surface area contributed by atoms with Gasteiger partial charge in [-0.1, -0.05) is 48.5 Å². The average Bonchev–Trinajstić information content (AvgIpc) is 2.61. The number of rotatable bonds is 4. The number of halogens is 2. The second-order valence-electron chi connectivity index (χ2n) is 5.21. The number of amides is 1. The Morgan fingerprint density at radius 2 is 1.48 bits per heavy atom. The number of azo groups is 1. The molecule has 0 saturated carbocycles. The van der Waals surface area contributed by atoms with E-state index in [2.05, 4.69) is 10.2 Å². The van der Waals surface area contributed by atoms with Crippen LogP contribution in [-0.4, -0.2) is 5.91 Å². The Morgan fingerprint density at radius 1 is 0.880 bits per heavy atom. The van der Waals surface area contributed by atoms with Gasteiger partial charge < -0.3 is 5.73 Å². The van der Waals surface area contributed by atoms with Crippen molar-refractivity contribution in [2.75, 3.05) is 0 Å². The molecule has 3 aromatic carbocycles. The maximum Gasteiger partial charge on any atom is 0.254 e. The highest BCUT2D eigenvalue weighted by atomic mass is 19.1. The normalized spacial score (nSPS) is 11.0. The van der Waals surface area contributed by atoms with Gasteiger partial charge in [-0.15, -0.1) is 5.11 Å². The van der Waals surface area contributed by atoms with E-state index in [0.717, 1.165) is 6.07 Å². The molecule has 0 saturated heterocycles. The Hall–Kier alpha value is -3.41. The van der Waals surface area contributed by atoms with Crippen molar-refractivity contribution in [3.63, 3.8) is 0 Å². The van der Waals surface area contributed by atoms with Crippen LogP contribution in [0.1, 0.15) is 10.4 Å². The van der Waals surface area contributed by atoms with Crippen molar-refractivity contribution >= 4 is 17.3 Å². The van der Waals surface area contributed by atoms with Gasteiger partial charge in [-0.3, -0.25) is 4.79 Å². The summed E-state index contributed by atoms with van der Waals surface area (Å²) < 4.78 is 29.0. The van der Waals surface area contributed by atoms with Gasteiger partial charge in [0.1, 0.15) is 17.2 Å². The van der Waals surface area contributed by atoms with Crippen LogP contribution in [0.3, 0.4) is 0 Å². The maximum absolute atomic E-state index is 14.8. The van der Waals surface area contributed by atoms with Crippen molar-refractivity contribution < 1.29 is 13.6 Å². The lowest BCUT2D eigenvalue weighted by atomic mass is 9.99. The Kier molecular flexibility index (Phi) is 4.61. The van der Waals surface area contributed by atoms with Crippen LogP contribution in [0.5, 0.6) is 0 Å². The number of hydrogen-bond acceptors (Lipinski definition) is 3. The molecule has 25 heavy (non-hydrogen) atoms. The van der Waals surface area contributed by atoms with E-state index in [1.807, 2.05) is 6.07 Å². The molecule has 0 unspecified atom stereocenters. The van der Waals surface area contributed by atoms with Crippen LogP contribution in [-0.2, 0) is 0 Å². The zero-order chi connectivity index (χ0) is 17.8. The van der Waals surface area contributed by atoms with E-state index in [0.29, 0.717) is 11.3 Å². The van der Waals surface area contributed by atoms with E-state index in [4.69, 9.17) is 5.73 Å². The molecule has 2 N–H and O–H groups in total. The number of carbonyl (C=O) groups excluding carboxylic acids is 1. The van der Waals surface area contributed by atoms with Gasteiger partial charge in [0.15, 0.2) is 0 Å². The molecule has 124 valence electrons. The van der Waals surface area contributed by atoms with Crippen LogP contribution in [0.2, 0.25) is 0 Å². The van der Waals surface area contributed by atoms with Gasteiger partial charge in [-0.2, -0.15) is 5.11 Å². The Balaban J connectivity index is 2.20. The van der Waals surface area contributed by atoms with E-state index in [1.165, 1.54) is 0 Å². The largest absolute Gasteiger partial charge is 0.365 e. The molecular weight excluding hydrogens is 324 g/mol. The highest BCUT2D eigenvalue weighted by molar-refractivity contribution is 5.96. The zero-order valence-electron chi connectivity index (χ0n) is 13.0. The van der Waals surface area contributed by atoms with Crippen LogP contribution >= 0.6 is 0 Å². The third kappa shape index (κ3) is 3.42. The smallest absolute Gasteiger partial charge is 0.254 e. The Morgan fingerprint density at radius 3 is 2.08 bits per heavy atom. The summed E-state index contributed by atoms with van der Waals surface area (Å²) in [6.45, 7) is 0. The minimum atomic E-state index is -1.18. The predicted octanol–water partition coefficient (Wildman–Crippen LogP) is 5.15. The quantitative estimate of drug-likeness (QED) is 0.658. The standard InChI is InChI=1S/C19H13F2N3O/c20-14-11-15(24-23-13-9-5-2-6-10-13)16(12-7-3-1-4-8-12)18(21)17(14)19(22)25/h1-11H,(H2,22,25). The molecule has 0 aromatic heterocycles. The molecule has 4 nitrogen and oxygen atoms in total. The van der Waals surface area contributed by atoms with Crippen LogP contribution in [0.25, 0.3) is 11.1 Å². The highest BCUT2D eigenvalue weighted by Crippen LogP contribution is 2.36. The van der Waals surface area contributed by atoms with Crippen molar-refractivity contribution in [1.82, 2.24) is 0 Å². The fourth-order valence-corrected chi connectivity index (χ4v) is 2.40. The van der Waals surface area contributed by atoms with Crippen LogP contribution in [0.15, 0.2) is 77.0 Å². The maximum atomic E-state index is 14.8. The minimum absolute atomic E-state index is 0.0320. The summed E-state index contributed by atoms with van der Waals surface area (Å²) in [5, 5.41) is 7.96. The summed E-state index contributed by atoms with van der Waals surface area (Å²) in [7, 11) is 0. The van der Waals surface area contributed by atoms with Gasteiger partial charge in [0.05, 0.1) is 11.4 Å².